The zero-order chi connectivity index (χ0) is 14.5. The number of nitrogens with two attached hydrogens (primary N) is 1. The minimum absolute atomic E-state index is 0.113. The van der Waals surface area contributed by atoms with E-state index in [1.54, 1.807) is 0 Å². The van der Waals surface area contributed by atoms with Gasteiger partial charge < -0.3 is 20.4 Å². The highest BCUT2D eigenvalue weighted by Gasteiger charge is 2.16. The molecule has 0 aromatic heterocycles. The molecule has 1 atom stereocenters. The molecule has 3 N–H and O–H groups in total. The maximum atomic E-state index is 8.72. The highest BCUT2D eigenvalue weighted by Crippen LogP contribution is 2.25. The van der Waals surface area contributed by atoms with Gasteiger partial charge in [-0.1, -0.05) is 5.16 Å². The van der Waals surface area contributed by atoms with Gasteiger partial charge in [0.1, 0.15) is 5.75 Å². The predicted octanol–water partition coefficient (Wildman–Crippen LogP) is 2.35. The van der Waals surface area contributed by atoms with Gasteiger partial charge in [0.2, 0.25) is 0 Å². The Morgan fingerprint density at radius 2 is 2.15 bits per heavy atom. The smallest absolute Gasteiger partial charge is 0.170 e. The van der Waals surface area contributed by atoms with Gasteiger partial charge in [-0.2, -0.15) is 0 Å². The average Bonchev–Trinajstić information content (AvgIpc) is 2.93. The third-order valence-electron chi connectivity index (χ3n) is 3.57. The minimum Gasteiger partial charge on any atom is -0.493 e. The summed E-state index contributed by atoms with van der Waals surface area (Å²) in [6.07, 6.45) is 3.54. The SMILES string of the molecule is Cc1cc(C(N)=NO)cc(C)c1OCCC1CCCO1. The van der Waals surface area contributed by atoms with Crippen molar-refractivity contribution in [3.63, 3.8) is 0 Å². The van der Waals surface area contributed by atoms with Crippen LogP contribution in [-0.2, 0) is 4.74 Å². The fourth-order valence-electron chi connectivity index (χ4n) is 2.55. The first-order chi connectivity index (χ1) is 9.61. The van der Waals surface area contributed by atoms with Crippen LogP contribution in [-0.4, -0.2) is 30.4 Å². The summed E-state index contributed by atoms with van der Waals surface area (Å²) in [5.41, 5.74) is 8.28. The molecule has 1 fully saturated rings. The summed E-state index contributed by atoms with van der Waals surface area (Å²) in [7, 11) is 0. The zero-order valence-corrected chi connectivity index (χ0v) is 12.1. The van der Waals surface area contributed by atoms with E-state index in [1.165, 1.54) is 0 Å². The molecule has 1 saturated heterocycles. The third-order valence-corrected chi connectivity index (χ3v) is 3.57. The van der Waals surface area contributed by atoms with Crippen molar-refractivity contribution in [2.75, 3.05) is 13.2 Å². The van der Waals surface area contributed by atoms with E-state index in [0.29, 0.717) is 18.3 Å². The van der Waals surface area contributed by atoms with Crippen molar-refractivity contribution < 1.29 is 14.7 Å². The molecule has 0 amide bonds. The summed E-state index contributed by atoms with van der Waals surface area (Å²) in [5, 5.41) is 11.7. The van der Waals surface area contributed by atoms with Gasteiger partial charge in [-0.05, 0) is 49.9 Å². The second-order valence-corrected chi connectivity index (χ2v) is 5.20. The topological polar surface area (TPSA) is 77.1 Å². The van der Waals surface area contributed by atoms with Crippen LogP contribution >= 0.6 is 0 Å². The molecule has 2 rings (SSSR count). The van der Waals surface area contributed by atoms with Crippen LogP contribution in [0, 0.1) is 13.8 Å². The number of benzene rings is 1. The van der Waals surface area contributed by atoms with Crippen molar-refractivity contribution >= 4 is 5.84 Å². The molecular weight excluding hydrogens is 256 g/mol. The fourth-order valence-corrected chi connectivity index (χ4v) is 2.55. The van der Waals surface area contributed by atoms with E-state index < -0.39 is 0 Å². The molecule has 1 aromatic rings. The molecule has 20 heavy (non-hydrogen) atoms. The van der Waals surface area contributed by atoms with Crippen molar-refractivity contribution in [3.05, 3.63) is 28.8 Å². The molecule has 1 aliphatic rings. The Kier molecular flexibility index (Phi) is 4.84. The van der Waals surface area contributed by atoms with Crippen LogP contribution in [0.25, 0.3) is 0 Å². The lowest BCUT2D eigenvalue weighted by Crippen LogP contribution is -2.15. The van der Waals surface area contributed by atoms with Crippen LogP contribution in [0.1, 0.15) is 36.0 Å². The molecule has 0 saturated carbocycles. The van der Waals surface area contributed by atoms with E-state index in [9.17, 15) is 0 Å². The number of aryl methyl sites for hydroxylation is 2. The number of amidine groups is 1. The van der Waals surface area contributed by atoms with E-state index in [2.05, 4.69) is 5.16 Å². The molecule has 0 aliphatic carbocycles. The van der Waals surface area contributed by atoms with Gasteiger partial charge >= 0.3 is 0 Å². The Hall–Kier alpha value is -1.75. The van der Waals surface area contributed by atoms with Gasteiger partial charge in [-0.25, -0.2) is 0 Å². The van der Waals surface area contributed by atoms with Crippen molar-refractivity contribution in [1.29, 1.82) is 0 Å². The van der Waals surface area contributed by atoms with E-state index >= 15 is 0 Å². The number of nitrogens with zero attached hydrogens (tertiary/aromatic N) is 1. The lowest BCUT2D eigenvalue weighted by atomic mass is 10.1. The molecule has 0 radical (unpaired) electrons. The third kappa shape index (κ3) is 3.42. The zero-order valence-electron chi connectivity index (χ0n) is 12.1. The van der Waals surface area contributed by atoms with E-state index in [4.69, 9.17) is 20.4 Å². The normalized spacial score (nSPS) is 19.3. The van der Waals surface area contributed by atoms with Gasteiger partial charge in [-0.15, -0.1) is 0 Å². The molecule has 110 valence electrons. The second kappa shape index (κ2) is 6.61. The van der Waals surface area contributed by atoms with Crippen LogP contribution < -0.4 is 10.5 Å². The summed E-state index contributed by atoms with van der Waals surface area (Å²) in [5.74, 6) is 0.986. The van der Waals surface area contributed by atoms with Gasteiger partial charge in [0.25, 0.3) is 0 Å². The van der Waals surface area contributed by atoms with Crippen molar-refractivity contribution in [2.45, 2.75) is 39.2 Å². The lowest BCUT2D eigenvalue weighted by molar-refractivity contribution is 0.0901. The van der Waals surface area contributed by atoms with Crippen LogP contribution in [0.3, 0.4) is 0 Å². The first-order valence-corrected chi connectivity index (χ1v) is 6.95. The maximum Gasteiger partial charge on any atom is 0.170 e. The highest BCUT2D eigenvalue weighted by atomic mass is 16.5. The van der Waals surface area contributed by atoms with Gasteiger partial charge in [0.05, 0.1) is 12.7 Å². The van der Waals surface area contributed by atoms with Crippen molar-refractivity contribution in [3.8, 4) is 5.75 Å². The molecule has 0 bridgehead atoms. The highest BCUT2D eigenvalue weighted by molar-refractivity contribution is 5.97. The standard InChI is InChI=1S/C15H22N2O3/c1-10-8-12(15(16)17-18)9-11(2)14(10)20-7-5-13-4-3-6-19-13/h8-9,13,18H,3-7H2,1-2H3,(H2,16,17). The second-order valence-electron chi connectivity index (χ2n) is 5.20. The average molecular weight is 278 g/mol. The van der Waals surface area contributed by atoms with Gasteiger partial charge in [0.15, 0.2) is 5.84 Å². The summed E-state index contributed by atoms with van der Waals surface area (Å²) in [6.45, 7) is 5.44. The first-order valence-electron chi connectivity index (χ1n) is 6.95. The maximum absolute atomic E-state index is 8.72. The number of ether oxygens (including phenoxy) is 2. The molecular formula is C15H22N2O3. The number of hydrogen-bond acceptors (Lipinski definition) is 4. The summed E-state index contributed by atoms with van der Waals surface area (Å²) in [6, 6.07) is 3.73. The number of hydrogen-bond donors (Lipinski definition) is 2. The largest absolute Gasteiger partial charge is 0.493 e. The van der Waals surface area contributed by atoms with Crippen LogP contribution in [0.5, 0.6) is 5.75 Å². The summed E-state index contributed by atoms with van der Waals surface area (Å²) >= 11 is 0. The monoisotopic (exact) mass is 278 g/mol. The van der Waals surface area contributed by atoms with Crippen LogP contribution in [0.15, 0.2) is 17.3 Å². The Morgan fingerprint density at radius 1 is 1.45 bits per heavy atom. The number of rotatable bonds is 5. The summed E-state index contributed by atoms with van der Waals surface area (Å²) in [4.78, 5) is 0. The molecule has 1 aromatic carbocycles. The Labute approximate surface area is 119 Å². The lowest BCUT2D eigenvalue weighted by Gasteiger charge is -2.15. The Morgan fingerprint density at radius 3 is 2.70 bits per heavy atom. The van der Waals surface area contributed by atoms with Crippen molar-refractivity contribution in [1.82, 2.24) is 0 Å². The van der Waals surface area contributed by atoms with Crippen molar-refractivity contribution in [2.24, 2.45) is 10.9 Å². The van der Waals surface area contributed by atoms with Gasteiger partial charge in [0, 0.05) is 18.6 Å². The molecule has 0 spiro atoms. The van der Waals surface area contributed by atoms with E-state index in [0.717, 1.165) is 42.7 Å². The van der Waals surface area contributed by atoms with E-state index in [1.807, 2.05) is 26.0 Å². The fraction of sp³-hybridized carbons (Fsp3) is 0.533. The van der Waals surface area contributed by atoms with Crippen LogP contribution in [0.4, 0.5) is 0 Å². The van der Waals surface area contributed by atoms with Gasteiger partial charge in [-0.3, -0.25) is 0 Å². The van der Waals surface area contributed by atoms with E-state index in [-0.39, 0.29) is 5.84 Å². The quantitative estimate of drug-likeness (QED) is 0.375. The molecule has 1 aliphatic heterocycles. The number of oxime groups is 1. The Bertz CT molecular complexity index is 471. The molecule has 5 nitrogen and oxygen atoms in total. The van der Waals surface area contributed by atoms with Crippen LogP contribution in [0.2, 0.25) is 0 Å². The molecule has 5 heteroatoms. The molecule has 1 unspecified atom stereocenters. The molecule has 1 heterocycles. The summed E-state index contributed by atoms with van der Waals surface area (Å²) < 4.78 is 11.5. The minimum atomic E-state index is 0.113. The predicted molar refractivity (Wildman–Crippen MR) is 77.5 cm³/mol. The Balaban J connectivity index is 2.00. The first kappa shape index (κ1) is 14.7.